The normalized spacial score (nSPS) is 16.8. The standard InChI is InChI=1S/C19H26F2N6O/c1-12(2)18-25-17-7-4-13(11-27(17)26-18)24-19(22-3)23-8-9-28-14-5-6-15(20)16(21)10-14/h5-6,10,12-13H,4,7-9,11H2,1-3H3,(H2,22,23,24). The number of aromatic nitrogens is 3. The van der Waals surface area contributed by atoms with E-state index in [4.69, 9.17) is 4.74 Å². The van der Waals surface area contributed by atoms with E-state index in [1.807, 2.05) is 4.68 Å². The van der Waals surface area contributed by atoms with E-state index in [-0.39, 0.29) is 11.8 Å². The molecule has 1 aliphatic heterocycles. The molecule has 0 aliphatic carbocycles. The van der Waals surface area contributed by atoms with Crippen LogP contribution in [0.1, 0.15) is 37.8 Å². The number of nitrogens with one attached hydrogen (secondary N) is 2. The van der Waals surface area contributed by atoms with E-state index in [1.165, 1.54) is 6.07 Å². The lowest BCUT2D eigenvalue weighted by Gasteiger charge is -2.25. The molecule has 0 saturated carbocycles. The van der Waals surface area contributed by atoms with Crippen molar-refractivity contribution in [3.05, 3.63) is 41.5 Å². The summed E-state index contributed by atoms with van der Waals surface area (Å²) >= 11 is 0. The molecule has 2 heterocycles. The molecule has 0 bridgehead atoms. The maximum absolute atomic E-state index is 13.2. The van der Waals surface area contributed by atoms with Crippen molar-refractivity contribution < 1.29 is 13.5 Å². The first-order chi connectivity index (χ1) is 13.5. The van der Waals surface area contributed by atoms with Gasteiger partial charge in [0, 0.05) is 31.5 Å². The van der Waals surface area contributed by atoms with Gasteiger partial charge in [-0.05, 0) is 18.6 Å². The molecule has 0 spiro atoms. The molecule has 1 aliphatic rings. The van der Waals surface area contributed by atoms with Gasteiger partial charge < -0.3 is 15.4 Å². The van der Waals surface area contributed by atoms with Crippen LogP contribution >= 0.6 is 0 Å². The van der Waals surface area contributed by atoms with Crippen molar-refractivity contribution in [3.63, 3.8) is 0 Å². The molecule has 1 atom stereocenters. The van der Waals surface area contributed by atoms with Crippen molar-refractivity contribution in [3.8, 4) is 5.75 Å². The lowest BCUT2D eigenvalue weighted by atomic mass is 10.1. The molecular formula is C19H26F2N6O. The maximum Gasteiger partial charge on any atom is 0.191 e. The number of aryl methyl sites for hydroxylation is 1. The third kappa shape index (κ3) is 4.96. The number of nitrogens with zero attached hydrogens (tertiary/aromatic N) is 4. The Morgan fingerprint density at radius 2 is 2.18 bits per heavy atom. The van der Waals surface area contributed by atoms with Crippen LogP contribution in [0.5, 0.6) is 5.75 Å². The van der Waals surface area contributed by atoms with Gasteiger partial charge in [0.15, 0.2) is 23.4 Å². The van der Waals surface area contributed by atoms with E-state index >= 15 is 0 Å². The van der Waals surface area contributed by atoms with Crippen LogP contribution in [0.2, 0.25) is 0 Å². The van der Waals surface area contributed by atoms with E-state index in [0.717, 1.165) is 43.2 Å². The van der Waals surface area contributed by atoms with Crippen LogP contribution in [0.4, 0.5) is 8.78 Å². The molecule has 9 heteroatoms. The second-order valence-corrected chi connectivity index (χ2v) is 7.03. The quantitative estimate of drug-likeness (QED) is 0.448. The number of guanidine groups is 1. The van der Waals surface area contributed by atoms with Gasteiger partial charge in [-0.2, -0.15) is 5.10 Å². The Balaban J connectivity index is 1.45. The maximum atomic E-state index is 13.2. The van der Waals surface area contributed by atoms with Gasteiger partial charge in [-0.25, -0.2) is 18.4 Å². The summed E-state index contributed by atoms with van der Waals surface area (Å²) < 4.78 is 33.5. The van der Waals surface area contributed by atoms with Crippen molar-refractivity contribution in [1.29, 1.82) is 0 Å². The molecule has 0 fully saturated rings. The molecular weight excluding hydrogens is 366 g/mol. The fourth-order valence-corrected chi connectivity index (χ4v) is 2.98. The van der Waals surface area contributed by atoms with Crippen LogP contribution in [0, 0.1) is 11.6 Å². The van der Waals surface area contributed by atoms with Gasteiger partial charge in [0.05, 0.1) is 13.1 Å². The SMILES string of the molecule is CN=C(NCCOc1ccc(F)c(F)c1)NC1CCc2nc(C(C)C)nn2C1. The van der Waals surface area contributed by atoms with Crippen molar-refractivity contribution in [2.24, 2.45) is 4.99 Å². The summed E-state index contributed by atoms with van der Waals surface area (Å²) in [6, 6.07) is 3.68. The highest BCUT2D eigenvalue weighted by atomic mass is 19.2. The highest BCUT2D eigenvalue weighted by molar-refractivity contribution is 5.79. The molecule has 2 aromatic rings. The Bertz CT molecular complexity index is 836. The zero-order chi connectivity index (χ0) is 20.1. The predicted octanol–water partition coefficient (Wildman–Crippen LogP) is 2.24. The number of benzene rings is 1. The van der Waals surface area contributed by atoms with E-state index < -0.39 is 11.6 Å². The average Bonchev–Trinajstić information content (AvgIpc) is 3.10. The molecule has 0 amide bonds. The second kappa shape index (κ2) is 8.99. The minimum absolute atomic E-state index is 0.201. The highest BCUT2D eigenvalue weighted by Gasteiger charge is 2.23. The first-order valence-corrected chi connectivity index (χ1v) is 9.45. The van der Waals surface area contributed by atoms with E-state index in [1.54, 1.807) is 7.05 Å². The fourth-order valence-electron chi connectivity index (χ4n) is 2.98. The van der Waals surface area contributed by atoms with E-state index in [2.05, 4.69) is 39.6 Å². The van der Waals surface area contributed by atoms with Gasteiger partial charge in [0.25, 0.3) is 0 Å². The lowest BCUT2D eigenvalue weighted by molar-refractivity contribution is 0.317. The summed E-state index contributed by atoms with van der Waals surface area (Å²) in [7, 11) is 1.70. The molecule has 2 N–H and O–H groups in total. The van der Waals surface area contributed by atoms with Crippen LogP contribution < -0.4 is 15.4 Å². The summed E-state index contributed by atoms with van der Waals surface area (Å²) in [5.74, 6) is 1.36. The number of aliphatic imine (C=N–C) groups is 1. The summed E-state index contributed by atoms with van der Waals surface area (Å²) in [5, 5.41) is 11.1. The summed E-state index contributed by atoms with van der Waals surface area (Å²) in [4.78, 5) is 8.82. The number of ether oxygens (including phenoxy) is 1. The Morgan fingerprint density at radius 3 is 2.89 bits per heavy atom. The van der Waals surface area contributed by atoms with Crippen molar-refractivity contribution in [1.82, 2.24) is 25.4 Å². The van der Waals surface area contributed by atoms with Crippen LogP contribution in [0.15, 0.2) is 23.2 Å². The lowest BCUT2D eigenvalue weighted by Crippen LogP contribution is -2.47. The third-order valence-electron chi connectivity index (χ3n) is 4.51. The Labute approximate surface area is 163 Å². The first kappa shape index (κ1) is 20.0. The zero-order valence-corrected chi connectivity index (χ0v) is 16.4. The molecule has 3 rings (SSSR count). The van der Waals surface area contributed by atoms with Crippen molar-refractivity contribution in [2.75, 3.05) is 20.2 Å². The molecule has 28 heavy (non-hydrogen) atoms. The van der Waals surface area contributed by atoms with E-state index in [9.17, 15) is 8.78 Å². The Kier molecular flexibility index (Phi) is 6.43. The van der Waals surface area contributed by atoms with Crippen LogP contribution in [0.25, 0.3) is 0 Å². The second-order valence-electron chi connectivity index (χ2n) is 7.03. The van der Waals surface area contributed by atoms with Gasteiger partial charge in [0.1, 0.15) is 18.2 Å². The summed E-state index contributed by atoms with van der Waals surface area (Å²) in [6.07, 6.45) is 1.82. The average molecular weight is 392 g/mol. The zero-order valence-electron chi connectivity index (χ0n) is 16.4. The van der Waals surface area contributed by atoms with Crippen LogP contribution in [0.3, 0.4) is 0 Å². The predicted molar refractivity (Wildman–Crippen MR) is 103 cm³/mol. The van der Waals surface area contributed by atoms with E-state index in [0.29, 0.717) is 25.0 Å². The van der Waals surface area contributed by atoms with Gasteiger partial charge >= 0.3 is 0 Å². The topological polar surface area (TPSA) is 76.4 Å². The monoisotopic (exact) mass is 392 g/mol. The van der Waals surface area contributed by atoms with Crippen molar-refractivity contribution >= 4 is 5.96 Å². The smallest absolute Gasteiger partial charge is 0.191 e. The third-order valence-corrected chi connectivity index (χ3v) is 4.51. The molecule has 152 valence electrons. The summed E-state index contributed by atoms with van der Waals surface area (Å²) in [6.45, 7) is 5.68. The molecule has 0 radical (unpaired) electrons. The molecule has 7 nitrogen and oxygen atoms in total. The molecule has 1 aromatic heterocycles. The van der Waals surface area contributed by atoms with Gasteiger partial charge in [-0.15, -0.1) is 0 Å². The number of hydrogen-bond acceptors (Lipinski definition) is 4. The Hall–Kier alpha value is -2.71. The number of halogens is 2. The fraction of sp³-hybridized carbons (Fsp3) is 0.526. The number of rotatable bonds is 6. The molecule has 1 unspecified atom stereocenters. The number of hydrogen-bond donors (Lipinski definition) is 2. The van der Waals surface area contributed by atoms with Gasteiger partial charge in [0.2, 0.25) is 0 Å². The van der Waals surface area contributed by atoms with Gasteiger partial charge in [-0.1, -0.05) is 13.8 Å². The largest absolute Gasteiger partial charge is 0.492 e. The minimum Gasteiger partial charge on any atom is -0.492 e. The van der Waals surface area contributed by atoms with Crippen LogP contribution in [-0.4, -0.2) is 47.0 Å². The van der Waals surface area contributed by atoms with Gasteiger partial charge in [-0.3, -0.25) is 4.99 Å². The molecule has 1 aromatic carbocycles. The molecule has 0 saturated heterocycles. The number of fused-ring (bicyclic) bond motifs is 1. The summed E-state index contributed by atoms with van der Waals surface area (Å²) in [5.41, 5.74) is 0. The Morgan fingerprint density at radius 1 is 1.36 bits per heavy atom. The highest BCUT2D eigenvalue weighted by Crippen LogP contribution is 2.17. The first-order valence-electron chi connectivity index (χ1n) is 9.45. The minimum atomic E-state index is -0.923. The van der Waals surface area contributed by atoms with Crippen molar-refractivity contribution in [2.45, 2.75) is 45.2 Å². The van der Waals surface area contributed by atoms with Crippen LogP contribution in [-0.2, 0) is 13.0 Å².